The van der Waals surface area contributed by atoms with Gasteiger partial charge in [-0.1, -0.05) is 18.2 Å². The van der Waals surface area contributed by atoms with Crippen LogP contribution >= 0.6 is 0 Å². The van der Waals surface area contributed by atoms with Crippen LogP contribution in [0.2, 0.25) is 0 Å². The lowest BCUT2D eigenvalue weighted by Gasteiger charge is -2.15. The number of carbonyl (C=O) groups excluding carboxylic acids is 1. The van der Waals surface area contributed by atoms with Gasteiger partial charge in [0.2, 0.25) is 10.0 Å². The summed E-state index contributed by atoms with van der Waals surface area (Å²) in [6.45, 7) is 3.31. The first-order chi connectivity index (χ1) is 11.6. The predicted molar refractivity (Wildman–Crippen MR) is 91.5 cm³/mol. The molecule has 9 heteroatoms. The molecule has 0 fully saturated rings. The lowest BCUT2D eigenvalue weighted by Crippen LogP contribution is -2.26. The Morgan fingerprint density at radius 3 is 2.32 bits per heavy atom. The van der Waals surface area contributed by atoms with Crippen LogP contribution in [0.4, 0.5) is 5.69 Å². The minimum Gasteiger partial charge on any atom is -0.346 e. The van der Waals surface area contributed by atoms with E-state index in [1.807, 2.05) is 0 Å². The fourth-order valence-electron chi connectivity index (χ4n) is 2.26. The average Bonchev–Trinajstić information content (AvgIpc) is 2.54. The van der Waals surface area contributed by atoms with Gasteiger partial charge in [-0.25, -0.2) is 13.6 Å². The highest BCUT2D eigenvalue weighted by atomic mass is 32.2. The van der Waals surface area contributed by atoms with Gasteiger partial charge in [0, 0.05) is 17.2 Å². The maximum absolute atomic E-state index is 12.3. The van der Waals surface area contributed by atoms with E-state index < -0.39 is 26.9 Å². The number of nitro groups is 1. The van der Waals surface area contributed by atoms with Crippen LogP contribution in [0.1, 0.15) is 34.5 Å². The number of amides is 1. The normalized spacial score (nSPS) is 12.4. The van der Waals surface area contributed by atoms with Crippen LogP contribution in [0, 0.1) is 17.0 Å². The lowest BCUT2D eigenvalue weighted by molar-refractivity contribution is -0.385. The zero-order chi connectivity index (χ0) is 18.8. The van der Waals surface area contributed by atoms with Gasteiger partial charge in [0.25, 0.3) is 11.6 Å². The van der Waals surface area contributed by atoms with Gasteiger partial charge in [-0.3, -0.25) is 14.9 Å². The molecule has 1 unspecified atom stereocenters. The molecule has 0 bridgehead atoms. The summed E-state index contributed by atoms with van der Waals surface area (Å²) in [6.07, 6.45) is 0. The van der Waals surface area contributed by atoms with E-state index in [9.17, 15) is 23.3 Å². The zero-order valence-corrected chi connectivity index (χ0v) is 14.4. The van der Waals surface area contributed by atoms with E-state index in [0.29, 0.717) is 11.1 Å². The molecule has 25 heavy (non-hydrogen) atoms. The Balaban J connectivity index is 2.17. The Bertz CT molecular complexity index is 923. The molecule has 0 aliphatic rings. The number of hydrogen-bond donors (Lipinski definition) is 2. The van der Waals surface area contributed by atoms with E-state index in [2.05, 4.69) is 5.32 Å². The van der Waals surface area contributed by atoms with Gasteiger partial charge in [0.15, 0.2) is 0 Å². The summed E-state index contributed by atoms with van der Waals surface area (Å²) in [4.78, 5) is 22.7. The lowest BCUT2D eigenvalue weighted by atomic mass is 10.1. The highest BCUT2D eigenvalue weighted by molar-refractivity contribution is 7.89. The summed E-state index contributed by atoms with van der Waals surface area (Å²) < 4.78 is 22.5. The second kappa shape index (κ2) is 6.99. The van der Waals surface area contributed by atoms with Crippen molar-refractivity contribution in [1.29, 1.82) is 0 Å². The van der Waals surface area contributed by atoms with E-state index in [1.165, 1.54) is 30.3 Å². The number of nitrogens with one attached hydrogen (secondary N) is 1. The van der Waals surface area contributed by atoms with Gasteiger partial charge in [-0.05, 0) is 37.6 Å². The number of benzene rings is 2. The fraction of sp³-hybridized carbons (Fsp3) is 0.188. The van der Waals surface area contributed by atoms with Crippen LogP contribution in [-0.4, -0.2) is 19.2 Å². The Morgan fingerprint density at radius 1 is 1.20 bits per heavy atom. The number of carbonyl (C=O) groups is 1. The summed E-state index contributed by atoms with van der Waals surface area (Å²) in [5, 5.41) is 18.7. The molecule has 0 saturated heterocycles. The van der Waals surface area contributed by atoms with Crippen molar-refractivity contribution in [2.24, 2.45) is 5.14 Å². The molecule has 2 aromatic rings. The molecule has 0 heterocycles. The van der Waals surface area contributed by atoms with Crippen molar-refractivity contribution in [2.75, 3.05) is 0 Å². The molecule has 0 aliphatic carbocycles. The van der Waals surface area contributed by atoms with E-state index in [0.717, 1.165) is 0 Å². The second-order valence-corrected chi connectivity index (χ2v) is 7.13. The largest absolute Gasteiger partial charge is 0.346 e. The maximum Gasteiger partial charge on any atom is 0.273 e. The molecular formula is C16H17N3O5S. The molecule has 0 aromatic heterocycles. The number of nitrogens with two attached hydrogens (primary N) is 1. The van der Waals surface area contributed by atoms with Crippen molar-refractivity contribution in [3.05, 3.63) is 69.3 Å². The molecule has 3 N–H and O–H groups in total. The van der Waals surface area contributed by atoms with Gasteiger partial charge < -0.3 is 5.32 Å². The standard InChI is InChI=1S/C16H17N3O5S/c1-10-3-4-13(9-15(10)19(21)22)16(20)18-11(2)12-5-7-14(8-6-12)25(17,23)24/h3-9,11H,1-2H3,(H,18,20)(H2,17,23,24). The third-order valence-electron chi connectivity index (χ3n) is 3.72. The summed E-state index contributed by atoms with van der Waals surface area (Å²) in [5.74, 6) is -0.467. The van der Waals surface area contributed by atoms with Crippen molar-refractivity contribution in [3.63, 3.8) is 0 Å². The van der Waals surface area contributed by atoms with Crippen LogP contribution < -0.4 is 10.5 Å². The SMILES string of the molecule is Cc1ccc(C(=O)NC(C)c2ccc(S(N)(=O)=O)cc2)cc1[N+](=O)[O-]. The predicted octanol–water partition coefficient (Wildman–Crippen LogP) is 2.04. The first kappa shape index (κ1) is 18.6. The van der Waals surface area contributed by atoms with Crippen molar-refractivity contribution in [3.8, 4) is 0 Å². The molecule has 0 radical (unpaired) electrons. The number of primary sulfonamides is 1. The van der Waals surface area contributed by atoms with Gasteiger partial charge in [-0.2, -0.15) is 0 Å². The van der Waals surface area contributed by atoms with Crippen molar-refractivity contribution in [1.82, 2.24) is 5.32 Å². The van der Waals surface area contributed by atoms with Gasteiger partial charge in [0.1, 0.15) is 0 Å². The quantitative estimate of drug-likeness (QED) is 0.619. The molecule has 2 aromatic carbocycles. The molecule has 0 spiro atoms. The van der Waals surface area contributed by atoms with E-state index >= 15 is 0 Å². The molecule has 1 atom stereocenters. The Kier molecular flexibility index (Phi) is 5.19. The van der Waals surface area contributed by atoms with Crippen LogP contribution in [0.25, 0.3) is 0 Å². The summed E-state index contributed by atoms with van der Waals surface area (Å²) >= 11 is 0. The molecule has 1 amide bonds. The van der Waals surface area contributed by atoms with Crippen LogP contribution in [0.5, 0.6) is 0 Å². The van der Waals surface area contributed by atoms with E-state index in [1.54, 1.807) is 26.0 Å². The van der Waals surface area contributed by atoms with Crippen molar-refractivity contribution in [2.45, 2.75) is 24.8 Å². The monoisotopic (exact) mass is 363 g/mol. The summed E-state index contributed by atoms with van der Waals surface area (Å²) in [5.41, 5.74) is 1.18. The number of hydrogen-bond acceptors (Lipinski definition) is 5. The fourth-order valence-corrected chi connectivity index (χ4v) is 2.77. The first-order valence-corrected chi connectivity index (χ1v) is 8.83. The topological polar surface area (TPSA) is 132 Å². The first-order valence-electron chi connectivity index (χ1n) is 7.28. The highest BCUT2D eigenvalue weighted by Crippen LogP contribution is 2.20. The zero-order valence-electron chi connectivity index (χ0n) is 13.6. The summed E-state index contributed by atoms with van der Waals surface area (Å²) in [7, 11) is -3.78. The molecule has 8 nitrogen and oxygen atoms in total. The number of rotatable bonds is 5. The van der Waals surface area contributed by atoms with Gasteiger partial charge in [0.05, 0.1) is 15.9 Å². The van der Waals surface area contributed by atoms with E-state index in [4.69, 9.17) is 5.14 Å². The minimum atomic E-state index is -3.78. The van der Waals surface area contributed by atoms with E-state index in [-0.39, 0.29) is 16.1 Å². The molecule has 0 saturated carbocycles. The highest BCUT2D eigenvalue weighted by Gasteiger charge is 2.17. The third kappa shape index (κ3) is 4.40. The van der Waals surface area contributed by atoms with Crippen molar-refractivity contribution >= 4 is 21.6 Å². The van der Waals surface area contributed by atoms with Crippen LogP contribution in [0.3, 0.4) is 0 Å². The average molecular weight is 363 g/mol. The van der Waals surface area contributed by atoms with Crippen LogP contribution in [0.15, 0.2) is 47.4 Å². The molecular weight excluding hydrogens is 346 g/mol. The number of sulfonamides is 1. The van der Waals surface area contributed by atoms with Gasteiger partial charge >= 0.3 is 0 Å². The number of aryl methyl sites for hydroxylation is 1. The Hall–Kier alpha value is -2.78. The number of nitrogens with zero attached hydrogens (tertiary/aromatic N) is 1. The molecule has 132 valence electrons. The van der Waals surface area contributed by atoms with Gasteiger partial charge in [-0.15, -0.1) is 0 Å². The Labute approximate surface area is 144 Å². The molecule has 0 aliphatic heterocycles. The maximum atomic E-state index is 12.3. The van der Waals surface area contributed by atoms with Crippen LogP contribution in [-0.2, 0) is 10.0 Å². The summed E-state index contributed by atoms with van der Waals surface area (Å²) in [6, 6.07) is 9.61. The Morgan fingerprint density at radius 2 is 1.80 bits per heavy atom. The smallest absolute Gasteiger partial charge is 0.273 e. The third-order valence-corrected chi connectivity index (χ3v) is 4.65. The van der Waals surface area contributed by atoms with Crippen molar-refractivity contribution < 1.29 is 18.1 Å². The minimum absolute atomic E-state index is 0.0241. The second-order valence-electron chi connectivity index (χ2n) is 5.57. The number of nitro benzene ring substituents is 1. The molecule has 2 rings (SSSR count).